The minimum absolute atomic E-state index is 0.831. The van der Waals surface area contributed by atoms with Crippen LogP contribution >= 0.6 is 0 Å². The van der Waals surface area contributed by atoms with E-state index >= 15 is 0 Å². The standard InChI is InChI=1S/C16H18N4/c1-13(17-19-15-9-5-3-6-10-15)14(2)18-20-16-11-7-4-8-12-16/h3-12,19-20H,1-2H3/b17-13-,18-14+. The summed E-state index contributed by atoms with van der Waals surface area (Å²) in [7, 11) is 0. The maximum Gasteiger partial charge on any atom is 0.0805 e. The van der Waals surface area contributed by atoms with Crippen molar-refractivity contribution in [3.05, 3.63) is 60.7 Å². The van der Waals surface area contributed by atoms with Crippen molar-refractivity contribution in [2.24, 2.45) is 10.2 Å². The van der Waals surface area contributed by atoms with Gasteiger partial charge in [0.25, 0.3) is 0 Å². The fourth-order valence-electron chi connectivity index (χ4n) is 1.48. The summed E-state index contributed by atoms with van der Waals surface area (Å²) in [5.74, 6) is 0. The second-order valence-electron chi connectivity index (χ2n) is 4.35. The molecule has 0 aliphatic carbocycles. The van der Waals surface area contributed by atoms with Crippen LogP contribution in [0.3, 0.4) is 0 Å². The number of rotatable bonds is 5. The van der Waals surface area contributed by atoms with Crippen LogP contribution in [-0.2, 0) is 0 Å². The van der Waals surface area contributed by atoms with Gasteiger partial charge in [-0.15, -0.1) is 0 Å². The van der Waals surface area contributed by atoms with Gasteiger partial charge in [-0.25, -0.2) is 0 Å². The molecule has 2 aromatic rings. The van der Waals surface area contributed by atoms with Crippen molar-refractivity contribution in [1.29, 1.82) is 0 Å². The van der Waals surface area contributed by atoms with Gasteiger partial charge in [-0.1, -0.05) is 36.4 Å². The van der Waals surface area contributed by atoms with E-state index in [2.05, 4.69) is 21.1 Å². The van der Waals surface area contributed by atoms with Gasteiger partial charge < -0.3 is 0 Å². The van der Waals surface area contributed by atoms with Gasteiger partial charge >= 0.3 is 0 Å². The fourth-order valence-corrected chi connectivity index (χ4v) is 1.48. The molecule has 0 saturated heterocycles. The Bertz CT molecular complexity index is 533. The first-order valence-corrected chi connectivity index (χ1v) is 6.47. The molecule has 0 aliphatic rings. The van der Waals surface area contributed by atoms with E-state index in [0.29, 0.717) is 0 Å². The van der Waals surface area contributed by atoms with Gasteiger partial charge in [0.2, 0.25) is 0 Å². The van der Waals surface area contributed by atoms with Crippen LogP contribution in [0.4, 0.5) is 11.4 Å². The second kappa shape index (κ2) is 7.09. The van der Waals surface area contributed by atoms with E-state index in [1.807, 2.05) is 74.5 Å². The molecular formula is C16H18N4. The number of benzene rings is 2. The normalized spacial score (nSPS) is 12.1. The summed E-state index contributed by atoms with van der Waals surface area (Å²) in [5, 5.41) is 8.60. The van der Waals surface area contributed by atoms with Gasteiger partial charge in [-0.2, -0.15) is 10.2 Å². The summed E-state index contributed by atoms with van der Waals surface area (Å²) >= 11 is 0. The summed E-state index contributed by atoms with van der Waals surface area (Å²) in [5.41, 5.74) is 9.58. The average molecular weight is 266 g/mol. The largest absolute Gasteiger partial charge is 0.278 e. The molecule has 0 bridgehead atoms. The van der Waals surface area contributed by atoms with E-state index in [9.17, 15) is 0 Å². The summed E-state index contributed by atoms with van der Waals surface area (Å²) in [6.07, 6.45) is 0. The van der Waals surface area contributed by atoms with Crippen LogP contribution in [0, 0.1) is 0 Å². The van der Waals surface area contributed by atoms with E-state index in [0.717, 1.165) is 22.8 Å². The summed E-state index contributed by atoms with van der Waals surface area (Å²) < 4.78 is 0. The van der Waals surface area contributed by atoms with Gasteiger partial charge in [-0.05, 0) is 38.1 Å². The highest BCUT2D eigenvalue weighted by Gasteiger charge is 1.97. The summed E-state index contributed by atoms with van der Waals surface area (Å²) in [6, 6.07) is 19.6. The molecule has 0 aromatic heterocycles. The van der Waals surface area contributed by atoms with Crippen LogP contribution in [0.1, 0.15) is 13.8 Å². The molecule has 0 spiro atoms. The highest BCUT2D eigenvalue weighted by Crippen LogP contribution is 2.06. The zero-order chi connectivity index (χ0) is 14.2. The molecule has 0 saturated carbocycles. The topological polar surface area (TPSA) is 48.8 Å². The quantitative estimate of drug-likeness (QED) is 0.635. The summed E-state index contributed by atoms with van der Waals surface area (Å²) in [4.78, 5) is 0. The first-order valence-electron chi connectivity index (χ1n) is 6.47. The van der Waals surface area contributed by atoms with Gasteiger partial charge in [-0.3, -0.25) is 10.9 Å². The van der Waals surface area contributed by atoms with Gasteiger partial charge in [0.05, 0.1) is 22.8 Å². The molecular weight excluding hydrogens is 248 g/mol. The minimum atomic E-state index is 0.831. The molecule has 2 rings (SSSR count). The number of hydrazone groups is 2. The zero-order valence-electron chi connectivity index (χ0n) is 11.7. The number of para-hydroxylation sites is 2. The van der Waals surface area contributed by atoms with Crippen LogP contribution in [0.5, 0.6) is 0 Å². The van der Waals surface area contributed by atoms with Crippen LogP contribution in [0.25, 0.3) is 0 Å². The Morgan fingerprint density at radius 3 is 1.35 bits per heavy atom. The highest BCUT2D eigenvalue weighted by molar-refractivity contribution is 6.40. The van der Waals surface area contributed by atoms with Crippen LogP contribution in [-0.4, -0.2) is 11.4 Å². The first kappa shape index (κ1) is 13.8. The Morgan fingerprint density at radius 2 is 1.00 bits per heavy atom. The number of hydrogen-bond acceptors (Lipinski definition) is 4. The lowest BCUT2D eigenvalue weighted by Gasteiger charge is -2.04. The first-order chi connectivity index (χ1) is 9.75. The van der Waals surface area contributed by atoms with E-state index < -0.39 is 0 Å². The van der Waals surface area contributed by atoms with Crippen LogP contribution < -0.4 is 10.9 Å². The smallest absolute Gasteiger partial charge is 0.0805 e. The van der Waals surface area contributed by atoms with Gasteiger partial charge in [0.15, 0.2) is 0 Å². The lowest BCUT2D eigenvalue weighted by atomic mass is 10.3. The van der Waals surface area contributed by atoms with Crippen molar-refractivity contribution in [2.75, 3.05) is 10.9 Å². The third-order valence-corrected chi connectivity index (χ3v) is 2.78. The van der Waals surface area contributed by atoms with Crippen molar-refractivity contribution >= 4 is 22.8 Å². The molecule has 102 valence electrons. The molecule has 0 fully saturated rings. The van der Waals surface area contributed by atoms with E-state index in [1.54, 1.807) is 0 Å². The molecule has 0 amide bonds. The number of nitrogens with zero attached hydrogens (tertiary/aromatic N) is 2. The Kier molecular flexibility index (Phi) is 4.89. The van der Waals surface area contributed by atoms with Crippen molar-refractivity contribution in [2.45, 2.75) is 13.8 Å². The molecule has 0 aliphatic heterocycles. The predicted molar refractivity (Wildman–Crippen MR) is 86.3 cm³/mol. The van der Waals surface area contributed by atoms with Crippen molar-refractivity contribution in [1.82, 2.24) is 0 Å². The molecule has 0 unspecified atom stereocenters. The molecule has 2 aromatic carbocycles. The van der Waals surface area contributed by atoms with Gasteiger partial charge in [0, 0.05) is 0 Å². The highest BCUT2D eigenvalue weighted by atomic mass is 15.3. The van der Waals surface area contributed by atoms with E-state index in [4.69, 9.17) is 0 Å². The van der Waals surface area contributed by atoms with Crippen molar-refractivity contribution in [3.8, 4) is 0 Å². The Morgan fingerprint density at radius 1 is 0.650 bits per heavy atom. The second-order valence-corrected chi connectivity index (χ2v) is 4.35. The van der Waals surface area contributed by atoms with Crippen molar-refractivity contribution < 1.29 is 0 Å². The molecule has 0 heterocycles. The Balaban J connectivity index is 1.95. The van der Waals surface area contributed by atoms with E-state index in [1.165, 1.54) is 0 Å². The van der Waals surface area contributed by atoms with E-state index in [-0.39, 0.29) is 0 Å². The van der Waals surface area contributed by atoms with Gasteiger partial charge in [0.1, 0.15) is 0 Å². The third-order valence-electron chi connectivity index (χ3n) is 2.78. The van der Waals surface area contributed by atoms with Crippen molar-refractivity contribution in [3.63, 3.8) is 0 Å². The fraction of sp³-hybridized carbons (Fsp3) is 0.125. The maximum absolute atomic E-state index is 4.30. The summed E-state index contributed by atoms with van der Waals surface area (Å²) in [6.45, 7) is 3.84. The lowest BCUT2D eigenvalue weighted by Crippen LogP contribution is -2.10. The molecule has 20 heavy (non-hydrogen) atoms. The maximum atomic E-state index is 4.30. The Hall–Kier alpha value is -2.62. The minimum Gasteiger partial charge on any atom is -0.278 e. The monoisotopic (exact) mass is 266 g/mol. The zero-order valence-corrected chi connectivity index (χ0v) is 11.7. The van der Waals surface area contributed by atoms with Crippen LogP contribution in [0.15, 0.2) is 70.9 Å². The predicted octanol–water partition coefficient (Wildman–Crippen LogP) is 3.96. The van der Waals surface area contributed by atoms with Crippen LogP contribution in [0.2, 0.25) is 0 Å². The molecule has 2 N–H and O–H groups in total. The molecule has 4 nitrogen and oxygen atoms in total. The number of anilines is 2. The molecule has 4 heteroatoms. The molecule has 0 atom stereocenters. The molecule has 0 radical (unpaired) electrons. The number of hydrogen-bond donors (Lipinski definition) is 2. The lowest BCUT2D eigenvalue weighted by molar-refractivity contribution is 1.31. The average Bonchev–Trinajstić information content (AvgIpc) is 2.52. The number of nitrogens with one attached hydrogen (secondary N) is 2. The Labute approximate surface area is 119 Å². The third kappa shape index (κ3) is 4.24. The SMILES string of the molecule is CC(=N/Nc1ccccc1)/C(C)=N/Nc1ccccc1.